The molecular formula is C33H49N3O6. The van der Waals surface area contributed by atoms with E-state index in [4.69, 9.17) is 9.47 Å². The van der Waals surface area contributed by atoms with Crippen molar-refractivity contribution in [1.82, 2.24) is 10.2 Å². The molecule has 42 heavy (non-hydrogen) atoms. The zero-order valence-corrected chi connectivity index (χ0v) is 26.5. The molecule has 0 aliphatic rings. The second kappa shape index (κ2) is 16.0. The van der Waals surface area contributed by atoms with Crippen molar-refractivity contribution >= 4 is 23.6 Å². The number of nitrogens with zero attached hydrogens (tertiary/aromatic N) is 1. The number of aromatic hydroxyl groups is 1. The molecule has 232 valence electrons. The van der Waals surface area contributed by atoms with Crippen LogP contribution in [0.15, 0.2) is 42.5 Å². The molecule has 2 atom stereocenters. The molecule has 0 heterocycles. The average molecular weight is 584 g/mol. The predicted molar refractivity (Wildman–Crippen MR) is 166 cm³/mol. The molecule has 3 N–H and O–H groups in total. The van der Waals surface area contributed by atoms with Crippen molar-refractivity contribution < 1.29 is 29.0 Å². The summed E-state index contributed by atoms with van der Waals surface area (Å²) in [6.45, 7) is 13.0. The van der Waals surface area contributed by atoms with Gasteiger partial charge in [-0.05, 0) is 69.9 Å². The molecule has 3 amide bonds. The van der Waals surface area contributed by atoms with E-state index in [2.05, 4.69) is 17.6 Å². The number of phenols is 1. The summed E-state index contributed by atoms with van der Waals surface area (Å²) in [6, 6.07) is 9.91. The second-order valence-electron chi connectivity index (χ2n) is 11.9. The molecule has 0 saturated heterocycles. The third-order valence-corrected chi connectivity index (χ3v) is 6.87. The Balaban J connectivity index is 2.56. The summed E-state index contributed by atoms with van der Waals surface area (Å²) in [5.41, 5.74) is 0.655. The number of alkyl carbamates (subject to hydrolysis) is 1. The first kappa shape index (κ1) is 34.5. The van der Waals surface area contributed by atoms with Gasteiger partial charge in [0.15, 0.2) is 0 Å². The van der Waals surface area contributed by atoms with Crippen LogP contribution in [-0.2, 0) is 14.3 Å². The van der Waals surface area contributed by atoms with E-state index in [9.17, 15) is 19.5 Å². The largest absolute Gasteiger partial charge is 0.507 e. The van der Waals surface area contributed by atoms with E-state index in [1.54, 1.807) is 77.3 Å². The highest BCUT2D eigenvalue weighted by Crippen LogP contribution is 2.34. The molecule has 0 aromatic heterocycles. The van der Waals surface area contributed by atoms with Crippen LogP contribution in [0.5, 0.6) is 11.5 Å². The number of phenolic OH excluding ortho intramolecular Hbond substituents is 1. The number of unbranched alkanes of at least 4 members (excludes halogenated alkanes) is 4. The van der Waals surface area contributed by atoms with E-state index in [0.29, 0.717) is 29.0 Å². The summed E-state index contributed by atoms with van der Waals surface area (Å²) >= 11 is 0. The lowest BCUT2D eigenvalue weighted by Crippen LogP contribution is -2.54. The number of carbonyl (C=O) groups excluding carboxylic acids is 3. The molecule has 0 spiro atoms. The molecule has 2 rings (SSSR count). The van der Waals surface area contributed by atoms with Crippen LogP contribution < -0.4 is 15.4 Å². The molecule has 9 heteroatoms. The number of ether oxygens (including phenoxy) is 2. The van der Waals surface area contributed by atoms with Gasteiger partial charge in [-0.3, -0.25) is 9.59 Å². The van der Waals surface area contributed by atoms with E-state index in [-0.39, 0.29) is 18.2 Å². The number of para-hydroxylation sites is 1. The Morgan fingerprint density at radius 1 is 0.976 bits per heavy atom. The molecular weight excluding hydrogens is 534 g/mol. The monoisotopic (exact) mass is 583 g/mol. The van der Waals surface area contributed by atoms with Crippen molar-refractivity contribution in [3.05, 3.63) is 53.6 Å². The Morgan fingerprint density at radius 2 is 1.62 bits per heavy atom. The Hall–Kier alpha value is -3.75. The van der Waals surface area contributed by atoms with Gasteiger partial charge in [-0.15, -0.1) is 0 Å². The number of hydrogen-bond donors (Lipinski definition) is 3. The summed E-state index contributed by atoms with van der Waals surface area (Å²) < 4.78 is 10.7. The van der Waals surface area contributed by atoms with E-state index < -0.39 is 35.6 Å². The van der Waals surface area contributed by atoms with Gasteiger partial charge in [0.25, 0.3) is 5.91 Å². The molecule has 0 bridgehead atoms. The first-order valence-corrected chi connectivity index (χ1v) is 14.8. The zero-order chi connectivity index (χ0) is 31.4. The minimum Gasteiger partial charge on any atom is -0.507 e. The number of rotatable bonds is 14. The lowest BCUT2D eigenvalue weighted by molar-refractivity contribution is -0.141. The highest BCUT2D eigenvalue weighted by molar-refractivity contribution is 5.99. The van der Waals surface area contributed by atoms with Gasteiger partial charge in [0, 0.05) is 17.8 Å². The first-order chi connectivity index (χ1) is 19.8. The van der Waals surface area contributed by atoms with Crippen molar-refractivity contribution in [2.24, 2.45) is 5.92 Å². The van der Waals surface area contributed by atoms with Crippen LogP contribution in [0.1, 0.15) is 90.8 Å². The predicted octanol–water partition coefficient (Wildman–Crippen LogP) is 6.74. The fourth-order valence-electron chi connectivity index (χ4n) is 4.62. The van der Waals surface area contributed by atoms with E-state index in [1.807, 2.05) is 13.8 Å². The molecule has 2 unspecified atom stereocenters. The zero-order valence-electron chi connectivity index (χ0n) is 26.5. The third kappa shape index (κ3) is 10.3. The maximum Gasteiger partial charge on any atom is 0.408 e. The minimum absolute atomic E-state index is 0.0580. The van der Waals surface area contributed by atoms with Crippen LogP contribution in [0.25, 0.3) is 0 Å². The van der Waals surface area contributed by atoms with Crippen molar-refractivity contribution in [3.63, 3.8) is 0 Å². The number of benzene rings is 2. The standard InChI is InChI=1S/C33H49N3O6/c1-9-10-11-12-13-21-36(31(39)27(22(2)3)35-32(40)42-33(5,6)7)28(26-16-14-15-23(4)29(26)37)30(38)34-24-17-19-25(41-8)20-18-24/h14-20,22,27-28,37H,9-13,21H2,1-8H3,(H,34,38)(H,35,40). The van der Waals surface area contributed by atoms with Gasteiger partial charge in [0.1, 0.15) is 29.2 Å². The molecule has 0 aliphatic carbocycles. The van der Waals surface area contributed by atoms with Crippen molar-refractivity contribution in [1.29, 1.82) is 0 Å². The van der Waals surface area contributed by atoms with Gasteiger partial charge in [-0.2, -0.15) is 0 Å². The van der Waals surface area contributed by atoms with E-state index in [1.165, 1.54) is 4.90 Å². The minimum atomic E-state index is -1.16. The van der Waals surface area contributed by atoms with Gasteiger partial charge in [-0.1, -0.05) is 64.7 Å². The summed E-state index contributed by atoms with van der Waals surface area (Å²) in [6.07, 6.45) is 3.96. The van der Waals surface area contributed by atoms with Crippen molar-refractivity contribution in [2.75, 3.05) is 19.0 Å². The van der Waals surface area contributed by atoms with Crippen LogP contribution in [0.4, 0.5) is 10.5 Å². The van der Waals surface area contributed by atoms with Gasteiger partial charge in [-0.25, -0.2) is 4.79 Å². The molecule has 2 aromatic rings. The smallest absolute Gasteiger partial charge is 0.408 e. The number of anilines is 1. The van der Waals surface area contributed by atoms with E-state index in [0.717, 1.165) is 25.7 Å². The summed E-state index contributed by atoms with van der Waals surface area (Å²) in [5.74, 6) is -0.635. The van der Waals surface area contributed by atoms with Gasteiger partial charge >= 0.3 is 6.09 Å². The normalized spacial score (nSPS) is 12.8. The Labute approximate surface area is 251 Å². The van der Waals surface area contributed by atoms with Crippen LogP contribution >= 0.6 is 0 Å². The molecule has 0 fully saturated rings. The topological polar surface area (TPSA) is 117 Å². The number of carbonyl (C=O) groups is 3. The Bertz CT molecular complexity index is 1170. The SMILES string of the molecule is CCCCCCCN(C(=O)C(NC(=O)OC(C)(C)C)C(C)C)C(C(=O)Nc1ccc(OC)cc1)c1cccc(C)c1O. The summed E-state index contributed by atoms with van der Waals surface area (Å²) in [5, 5.41) is 16.8. The van der Waals surface area contributed by atoms with Crippen LogP contribution in [0.2, 0.25) is 0 Å². The molecule has 0 saturated carbocycles. The maximum atomic E-state index is 14.3. The average Bonchev–Trinajstić information content (AvgIpc) is 2.92. The third-order valence-electron chi connectivity index (χ3n) is 6.87. The number of hydrogen-bond acceptors (Lipinski definition) is 6. The summed E-state index contributed by atoms with van der Waals surface area (Å²) in [4.78, 5) is 42.6. The number of amides is 3. The van der Waals surface area contributed by atoms with Crippen molar-refractivity contribution in [2.45, 2.75) is 98.3 Å². The second-order valence-corrected chi connectivity index (χ2v) is 11.9. The first-order valence-electron chi connectivity index (χ1n) is 14.8. The van der Waals surface area contributed by atoms with E-state index >= 15 is 0 Å². The summed E-state index contributed by atoms with van der Waals surface area (Å²) in [7, 11) is 1.56. The van der Waals surface area contributed by atoms with Gasteiger partial charge < -0.3 is 30.1 Å². The van der Waals surface area contributed by atoms with Gasteiger partial charge in [0.05, 0.1) is 7.11 Å². The highest BCUT2D eigenvalue weighted by atomic mass is 16.6. The van der Waals surface area contributed by atoms with Crippen LogP contribution in [-0.4, -0.2) is 53.2 Å². The number of nitrogens with one attached hydrogen (secondary N) is 2. The fourth-order valence-corrected chi connectivity index (χ4v) is 4.62. The molecule has 0 radical (unpaired) electrons. The van der Waals surface area contributed by atoms with Gasteiger partial charge in [0.2, 0.25) is 5.91 Å². The maximum absolute atomic E-state index is 14.3. The highest BCUT2D eigenvalue weighted by Gasteiger charge is 2.38. The van der Waals surface area contributed by atoms with Crippen molar-refractivity contribution in [3.8, 4) is 11.5 Å². The number of methoxy groups -OCH3 is 1. The fraction of sp³-hybridized carbons (Fsp3) is 0.545. The lowest BCUT2D eigenvalue weighted by atomic mass is 9.96. The number of aryl methyl sites for hydroxylation is 1. The Kier molecular flexibility index (Phi) is 13.2. The molecule has 0 aliphatic heterocycles. The van der Waals surface area contributed by atoms with Crippen LogP contribution in [0, 0.1) is 12.8 Å². The lowest BCUT2D eigenvalue weighted by Gasteiger charge is -2.36. The van der Waals surface area contributed by atoms with Crippen LogP contribution in [0.3, 0.4) is 0 Å². The molecule has 2 aromatic carbocycles. The quantitative estimate of drug-likeness (QED) is 0.212. The Morgan fingerprint density at radius 3 is 2.19 bits per heavy atom. The molecule has 9 nitrogen and oxygen atoms in total.